The quantitative estimate of drug-likeness (QED) is 0.321. The van der Waals surface area contributed by atoms with Gasteiger partial charge in [-0.05, 0) is 58.2 Å². The predicted octanol–water partition coefficient (Wildman–Crippen LogP) is 3.63. The number of carbonyl (C=O) groups is 2. The third-order valence-electron chi connectivity index (χ3n) is 4.59. The molecule has 13 heteroatoms. The zero-order valence-electron chi connectivity index (χ0n) is 16.6. The highest BCUT2D eigenvalue weighted by atomic mass is 35.5. The smallest absolute Gasteiger partial charge is 0.326 e. The molecule has 4 rings (SSSR count). The number of sulfonamides is 1. The Labute approximate surface area is 201 Å². The van der Waals surface area contributed by atoms with Crippen LogP contribution in [0.3, 0.4) is 0 Å². The predicted molar refractivity (Wildman–Crippen MR) is 127 cm³/mol. The molecule has 3 heterocycles. The summed E-state index contributed by atoms with van der Waals surface area (Å²) in [7, 11) is -4.22. The topological polar surface area (TPSA) is 138 Å². The fourth-order valence-electron chi connectivity index (χ4n) is 3.06. The number of carbonyl (C=O) groups excluding carboxylic acids is 1. The van der Waals surface area contributed by atoms with Gasteiger partial charge in [0, 0.05) is 17.6 Å². The summed E-state index contributed by atoms with van der Waals surface area (Å²) in [5.74, 6) is -1.98. The minimum atomic E-state index is -4.22. The van der Waals surface area contributed by atoms with Gasteiger partial charge in [0.15, 0.2) is 5.03 Å². The molecule has 170 valence electrons. The third kappa shape index (κ3) is 5.14. The monoisotopic (exact) mass is 522 g/mol. The van der Waals surface area contributed by atoms with Crippen molar-refractivity contribution in [3.63, 3.8) is 0 Å². The summed E-state index contributed by atoms with van der Waals surface area (Å²) < 4.78 is 33.1. The molecular weight excluding hydrogens is 508 g/mol. The Morgan fingerprint density at radius 3 is 2.76 bits per heavy atom. The van der Waals surface area contributed by atoms with Crippen molar-refractivity contribution in [1.82, 2.24) is 14.7 Å². The lowest BCUT2D eigenvalue weighted by Gasteiger charge is -2.17. The first-order valence-electron chi connectivity index (χ1n) is 9.31. The van der Waals surface area contributed by atoms with Crippen molar-refractivity contribution >= 4 is 72.1 Å². The number of rotatable bonds is 8. The maximum Gasteiger partial charge on any atom is 0.326 e. The largest absolute Gasteiger partial charge is 0.480 e. The van der Waals surface area contributed by atoms with E-state index in [0.717, 1.165) is 17.1 Å². The zero-order valence-corrected chi connectivity index (χ0v) is 19.8. The van der Waals surface area contributed by atoms with Gasteiger partial charge < -0.3 is 10.4 Å². The van der Waals surface area contributed by atoms with Crippen molar-refractivity contribution < 1.29 is 23.1 Å². The van der Waals surface area contributed by atoms with Crippen molar-refractivity contribution in [2.75, 3.05) is 4.72 Å². The summed E-state index contributed by atoms with van der Waals surface area (Å²) in [5.41, 5.74) is 0.560. The second-order valence-corrected chi connectivity index (χ2v) is 10.5. The van der Waals surface area contributed by atoms with E-state index < -0.39 is 27.9 Å². The van der Waals surface area contributed by atoms with Gasteiger partial charge in [0.1, 0.15) is 6.04 Å². The maximum atomic E-state index is 13.1. The first kappa shape index (κ1) is 23.1. The van der Waals surface area contributed by atoms with Crippen LogP contribution in [0, 0.1) is 0 Å². The van der Waals surface area contributed by atoms with E-state index in [2.05, 4.69) is 19.4 Å². The number of pyridine rings is 1. The molecule has 1 atom stereocenters. The molecule has 0 fully saturated rings. The number of hydrogen-bond acceptors (Lipinski definition) is 8. The zero-order chi connectivity index (χ0) is 23.6. The van der Waals surface area contributed by atoms with Crippen LogP contribution in [-0.2, 0) is 21.2 Å². The fraction of sp³-hybridized carbons (Fsp3) is 0.100. The van der Waals surface area contributed by atoms with Gasteiger partial charge in [0.25, 0.3) is 15.9 Å². The Bertz CT molecular complexity index is 1440. The van der Waals surface area contributed by atoms with Crippen LogP contribution in [0.1, 0.15) is 15.9 Å². The van der Waals surface area contributed by atoms with Gasteiger partial charge in [0.05, 0.1) is 27.5 Å². The fourth-order valence-corrected chi connectivity index (χ4v) is 5.82. The molecule has 33 heavy (non-hydrogen) atoms. The number of nitrogens with zero attached hydrogens (tertiary/aromatic N) is 2. The minimum Gasteiger partial charge on any atom is -0.480 e. The van der Waals surface area contributed by atoms with Gasteiger partial charge >= 0.3 is 5.97 Å². The number of anilines is 1. The number of aromatic nitrogens is 2. The Balaban J connectivity index is 1.64. The molecule has 3 N–H and O–H groups in total. The van der Waals surface area contributed by atoms with Crippen molar-refractivity contribution in [3.05, 3.63) is 69.6 Å². The number of benzene rings is 1. The SMILES string of the molecule is O=C(N[C@@H](Cc1ccsc1)C(=O)O)c1ccc(Cl)cc1NS(=O)(=O)c1nccc2sncc12. The van der Waals surface area contributed by atoms with Crippen molar-refractivity contribution in [1.29, 1.82) is 0 Å². The van der Waals surface area contributed by atoms with Gasteiger partial charge in [-0.1, -0.05) is 11.6 Å². The van der Waals surface area contributed by atoms with E-state index in [1.165, 1.54) is 41.9 Å². The van der Waals surface area contributed by atoms with Crippen LogP contribution < -0.4 is 10.0 Å². The van der Waals surface area contributed by atoms with Crippen LogP contribution in [-0.4, -0.2) is 40.8 Å². The Kier molecular flexibility index (Phi) is 6.61. The molecule has 1 aromatic carbocycles. The third-order valence-corrected chi connectivity index (χ3v) is 7.65. The normalized spacial score (nSPS) is 12.4. The van der Waals surface area contributed by atoms with Crippen molar-refractivity contribution in [2.24, 2.45) is 0 Å². The van der Waals surface area contributed by atoms with Gasteiger partial charge in [-0.3, -0.25) is 9.52 Å². The van der Waals surface area contributed by atoms with E-state index in [1.54, 1.807) is 22.9 Å². The van der Waals surface area contributed by atoms with E-state index in [9.17, 15) is 23.1 Å². The standard InChI is InChI=1S/C20H15ClN4O5S3/c21-12-1-2-13(18(26)24-16(20(27)28)7-11-4-6-31-10-11)15(8-12)25-33(29,30)19-14-9-23-32-17(14)3-5-22-19/h1-6,8-10,16,25H,7H2,(H,24,26)(H,27,28)/t16-/m0/s1. The van der Waals surface area contributed by atoms with Gasteiger partial charge in [-0.15, -0.1) is 0 Å². The first-order chi connectivity index (χ1) is 15.7. The van der Waals surface area contributed by atoms with Gasteiger partial charge in [-0.25, -0.2) is 9.78 Å². The highest BCUT2D eigenvalue weighted by Gasteiger charge is 2.26. The average Bonchev–Trinajstić information content (AvgIpc) is 3.44. The summed E-state index contributed by atoms with van der Waals surface area (Å²) in [6.07, 6.45) is 2.83. The van der Waals surface area contributed by atoms with Crippen LogP contribution in [0.15, 0.2) is 58.5 Å². The molecule has 0 unspecified atom stereocenters. The van der Waals surface area contributed by atoms with Crippen LogP contribution >= 0.6 is 34.5 Å². The number of thiophene rings is 1. The van der Waals surface area contributed by atoms with E-state index in [4.69, 9.17) is 11.6 Å². The summed E-state index contributed by atoms with van der Waals surface area (Å²) in [6, 6.07) is 6.20. The van der Waals surface area contributed by atoms with Crippen LogP contribution in [0.2, 0.25) is 5.02 Å². The molecule has 0 bridgehead atoms. The Hall–Kier alpha value is -3.06. The number of fused-ring (bicyclic) bond motifs is 1. The molecule has 1 amide bonds. The Morgan fingerprint density at radius 2 is 2.03 bits per heavy atom. The van der Waals surface area contributed by atoms with Gasteiger partial charge in [0.2, 0.25) is 0 Å². The number of carboxylic acids is 1. The van der Waals surface area contributed by atoms with Crippen molar-refractivity contribution in [3.8, 4) is 0 Å². The first-order valence-corrected chi connectivity index (χ1v) is 12.9. The summed E-state index contributed by atoms with van der Waals surface area (Å²) in [6.45, 7) is 0. The molecule has 4 aromatic rings. The van der Waals surface area contributed by atoms with Crippen molar-refractivity contribution in [2.45, 2.75) is 17.5 Å². The highest BCUT2D eigenvalue weighted by molar-refractivity contribution is 7.92. The van der Waals surface area contributed by atoms with E-state index in [-0.39, 0.29) is 27.7 Å². The number of carboxylic acid groups (broad SMARTS) is 1. The molecule has 0 spiro atoms. The molecule has 0 aliphatic carbocycles. The number of amides is 1. The van der Waals surface area contributed by atoms with Gasteiger partial charge in [-0.2, -0.15) is 24.1 Å². The molecule has 0 radical (unpaired) electrons. The van der Waals surface area contributed by atoms with Crippen LogP contribution in [0.25, 0.3) is 10.1 Å². The van der Waals surface area contributed by atoms with E-state index in [1.807, 2.05) is 0 Å². The summed E-state index contributed by atoms with van der Waals surface area (Å²) in [4.78, 5) is 28.6. The Morgan fingerprint density at radius 1 is 1.21 bits per heavy atom. The lowest BCUT2D eigenvalue weighted by molar-refractivity contribution is -0.139. The molecule has 9 nitrogen and oxygen atoms in total. The molecule has 0 aliphatic heterocycles. The number of hydrogen-bond donors (Lipinski definition) is 3. The maximum absolute atomic E-state index is 13.1. The molecular formula is C20H15ClN4O5S3. The highest BCUT2D eigenvalue weighted by Crippen LogP contribution is 2.28. The molecule has 0 saturated carbocycles. The lowest BCUT2D eigenvalue weighted by atomic mass is 10.1. The number of halogens is 1. The second-order valence-electron chi connectivity index (χ2n) is 6.85. The molecule has 0 saturated heterocycles. The average molecular weight is 523 g/mol. The molecule has 0 aliphatic rings. The van der Waals surface area contributed by atoms with E-state index >= 15 is 0 Å². The number of aliphatic carboxylic acids is 1. The summed E-state index contributed by atoms with van der Waals surface area (Å²) in [5, 5.41) is 15.8. The summed E-state index contributed by atoms with van der Waals surface area (Å²) >= 11 is 8.58. The van der Waals surface area contributed by atoms with Crippen LogP contribution in [0.4, 0.5) is 5.69 Å². The van der Waals surface area contributed by atoms with Crippen LogP contribution in [0.5, 0.6) is 0 Å². The lowest BCUT2D eigenvalue weighted by Crippen LogP contribution is -2.42. The molecule has 3 aromatic heterocycles. The minimum absolute atomic E-state index is 0.0797. The number of nitrogens with one attached hydrogen (secondary N) is 2. The van der Waals surface area contributed by atoms with E-state index in [0.29, 0.717) is 10.1 Å². The second kappa shape index (κ2) is 9.43.